The fourth-order valence-corrected chi connectivity index (χ4v) is 5.31. The zero-order valence-electron chi connectivity index (χ0n) is 19.1. The Morgan fingerprint density at radius 3 is 2.53 bits per heavy atom. The number of nitrogens with two attached hydrogens (primary N) is 1. The Labute approximate surface area is 210 Å². The monoisotopic (exact) mass is 503 g/mol. The van der Waals surface area contributed by atoms with Crippen molar-refractivity contribution >= 4 is 40.5 Å². The highest BCUT2D eigenvalue weighted by molar-refractivity contribution is 7.81. The number of rotatable bonds is 4. The van der Waals surface area contributed by atoms with Crippen molar-refractivity contribution in [1.82, 2.24) is 4.98 Å². The summed E-state index contributed by atoms with van der Waals surface area (Å²) in [5.74, 6) is -3.02. The van der Waals surface area contributed by atoms with Crippen LogP contribution in [0.3, 0.4) is 0 Å². The number of nitrogens with zero attached hydrogens (tertiary/aromatic N) is 4. The minimum Gasteiger partial charge on any atom is -0.366 e. The molecular formula is C26H19F2N5O2S. The summed E-state index contributed by atoms with van der Waals surface area (Å²) in [6.07, 6.45) is 3.02. The molecule has 2 amide bonds. The Kier molecular flexibility index (Phi) is 5.53. The van der Waals surface area contributed by atoms with E-state index in [0.717, 1.165) is 6.42 Å². The minimum absolute atomic E-state index is 0.0643. The first-order valence-corrected chi connectivity index (χ1v) is 11.5. The van der Waals surface area contributed by atoms with Crippen LogP contribution in [0.2, 0.25) is 0 Å². The number of nitriles is 1. The van der Waals surface area contributed by atoms with Crippen molar-refractivity contribution in [1.29, 1.82) is 5.26 Å². The van der Waals surface area contributed by atoms with Crippen molar-refractivity contribution in [3.63, 3.8) is 0 Å². The van der Waals surface area contributed by atoms with Crippen molar-refractivity contribution in [2.75, 3.05) is 9.80 Å². The molecule has 0 bridgehead atoms. The van der Waals surface area contributed by atoms with Crippen LogP contribution in [0.4, 0.5) is 20.2 Å². The van der Waals surface area contributed by atoms with E-state index >= 15 is 4.39 Å². The Bertz CT molecular complexity index is 1510. The molecule has 2 heterocycles. The molecule has 2 fully saturated rings. The average molecular weight is 504 g/mol. The van der Waals surface area contributed by atoms with Gasteiger partial charge in [-0.1, -0.05) is 18.2 Å². The molecule has 1 aromatic heterocycles. The summed E-state index contributed by atoms with van der Waals surface area (Å²) < 4.78 is 30.7. The molecule has 5 rings (SSSR count). The van der Waals surface area contributed by atoms with Gasteiger partial charge >= 0.3 is 0 Å². The number of halogens is 2. The van der Waals surface area contributed by atoms with Crippen LogP contribution in [0.5, 0.6) is 0 Å². The molecule has 1 saturated heterocycles. The predicted molar refractivity (Wildman–Crippen MR) is 133 cm³/mol. The maximum atomic E-state index is 15.8. The summed E-state index contributed by atoms with van der Waals surface area (Å²) in [7, 11) is 0. The summed E-state index contributed by atoms with van der Waals surface area (Å²) in [5.41, 5.74) is 4.89. The van der Waals surface area contributed by atoms with Crippen molar-refractivity contribution in [3.8, 4) is 17.2 Å². The SMILES string of the molecule is Cc1cc(N2C(=O)C3(CCC3)N(c3ccc(C(N)=O)c(F)c3-c3ccccc3F)C2=S)cnc1C#N. The number of benzene rings is 2. The minimum atomic E-state index is -1.10. The van der Waals surface area contributed by atoms with Gasteiger partial charge in [0.1, 0.15) is 28.9 Å². The summed E-state index contributed by atoms with van der Waals surface area (Å²) in [6, 6.07) is 11.9. The molecule has 1 spiro atoms. The van der Waals surface area contributed by atoms with E-state index in [2.05, 4.69) is 4.98 Å². The van der Waals surface area contributed by atoms with Crippen LogP contribution in [0, 0.1) is 29.9 Å². The topological polar surface area (TPSA) is 103 Å². The second kappa shape index (κ2) is 8.46. The van der Waals surface area contributed by atoms with Crippen molar-refractivity contribution in [2.24, 2.45) is 5.73 Å². The Morgan fingerprint density at radius 2 is 1.94 bits per heavy atom. The molecular weight excluding hydrogens is 484 g/mol. The first-order valence-electron chi connectivity index (χ1n) is 11.1. The van der Waals surface area contributed by atoms with Crippen LogP contribution in [-0.2, 0) is 4.79 Å². The second-order valence-corrected chi connectivity index (χ2v) is 9.14. The van der Waals surface area contributed by atoms with Crippen LogP contribution in [-0.4, -0.2) is 27.4 Å². The van der Waals surface area contributed by atoms with Gasteiger partial charge in [-0.05, 0) is 68.2 Å². The largest absolute Gasteiger partial charge is 0.366 e. The van der Waals surface area contributed by atoms with E-state index < -0.39 is 28.6 Å². The Hall–Kier alpha value is -4.23. The smallest absolute Gasteiger partial charge is 0.259 e. The van der Waals surface area contributed by atoms with Crippen LogP contribution < -0.4 is 15.5 Å². The Balaban J connectivity index is 1.73. The zero-order chi connectivity index (χ0) is 25.8. The summed E-state index contributed by atoms with van der Waals surface area (Å²) in [4.78, 5) is 32.7. The van der Waals surface area contributed by atoms with Gasteiger partial charge in [-0.25, -0.2) is 13.8 Å². The summed E-state index contributed by atoms with van der Waals surface area (Å²) >= 11 is 5.76. The molecule has 7 nitrogen and oxygen atoms in total. The Morgan fingerprint density at radius 1 is 1.22 bits per heavy atom. The number of aromatic nitrogens is 1. The highest BCUT2D eigenvalue weighted by Crippen LogP contribution is 2.50. The van der Waals surface area contributed by atoms with Crippen molar-refractivity contribution < 1.29 is 18.4 Å². The molecule has 3 aromatic rings. The normalized spacial score (nSPS) is 16.3. The second-order valence-electron chi connectivity index (χ2n) is 8.78. The number of hydrogen-bond donors (Lipinski definition) is 1. The van der Waals surface area contributed by atoms with Gasteiger partial charge in [0.05, 0.1) is 23.1 Å². The number of primary amides is 1. The number of carbonyl (C=O) groups excluding carboxylic acids is 2. The first kappa shape index (κ1) is 23.5. The van der Waals surface area contributed by atoms with Gasteiger partial charge in [-0.2, -0.15) is 5.26 Å². The molecule has 0 atom stereocenters. The van der Waals surface area contributed by atoms with E-state index in [4.69, 9.17) is 18.0 Å². The van der Waals surface area contributed by atoms with E-state index in [1.54, 1.807) is 24.0 Å². The quantitative estimate of drug-likeness (QED) is 0.531. The summed E-state index contributed by atoms with van der Waals surface area (Å²) in [6.45, 7) is 1.70. The number of aryl methyl sites for hydroxylation is 1. The molecule has 1 aliphatic heterocycles. The third-order valence-electron chi connectivity index (χ3n) is 6.79. The highest BCUT2D eigenvalue weighted by atomic mass is 32.1. The van der Waals surface area contributed by atoms with Crippen molar-refractivity contribution in [2.45, 2.75) is 31.7 Å². The fourth-order valence-electron chi connectivity index (χ4n) is 4.85. The number of hydrogen-bond acceptors (Lipinski definition) is 5. The molecule has 36 heavy (non-hydrogen) atoms. The van der Waals surface area contributed by atoms with Gasteiger partial charge < -0.3 is 10.6 Å². The molecule has 2 aliphatic rings. The summed E-state index contributed by atoms with van der Waals surface area (Å²) in [5, 5.41) is 9.29. The maximum Gasteiger partial charge on any atom is 0.259 e. The standard InChI is InChI=1S/C26H19F2N5O2S/c1-14-11-15(13-31-19(14)12-29)32-24(35)26(9-4-10-26)33(25(32)36)20-8-7-17(23(30)34)22(28)21(20)16-5-2-3-6-18(16)27/h2-3,5-8,11,13H,4,9-10H2,1H3,(H2,30,34). The predicted octanol–water partition coefficient (Wildman–Crippen LogP) is 4.37. The number of amides is 2. The van der Waals surface area contributed by atoms with Crippen molar-refractivity contribution in [3.05, 3.63) is 77.1 Å². The molecule has 2 N–H and O–H groups in total. The van der Waals surface area contributed by atoms with Gasteiger partial charge in [0.15, 0.2) is 5.11 Å². The van der Waals surface area contributed by atoms with E-state index in [9.17, 15) is 19.2 Å². The van der Waals surface area contributed by atoms with Crippen LogP contribution in [0.1, 0.15) is 40.9 Å². The maximum absolute atomic E-state index is 15.8. The third kappa shape index (κ3) is 3.27. The molecule has 1 aliphatic carbocycles. The number of anilines is 2. The van der Waals surface area contributed by atoms with Gasteiger partial charge in [0.2, 0.25) is 0 Å². The number of carbonyl (C=O) groups is 2. The molecule has 2 aromatic carbocycles. The third-order valence-corrected chi connectivity index (χ3v) is 7.16. The average Bonchev–Trinajstić information content (AvgIpc) is 3.05. The first-order chi connectivity index (χ1) is 17.2. The van der Waals surface area contributed by atoms with E-state index in [0.29, 0.717) is 24.1 Å². The van der Waals surface area contributed by atoms with Crippen LogP contribution in [0.15, 0.2) is 48.7 Å². The highest BCUT2D eigenvalue weighted by Gasteiger charge is 2.60. The lowest BCUT2D eigenvalue weighted by atomic mass is 9.75. The van der Waals surface area contributed by atoms with Gasteiger partial charge in [0, 0.05) is 11.1 Å². The molecule has 0 unspecified atom stereocenters. The van der Waals surface area contributed by atoms with Gasteiger partial charge in [-0.15, -0.1) is 0 Å². The molecule has 0 radical (unpaired) electrons. The van der Waals surface area contributed by atoms with E-state index in [-0.39, 0.29) is 33.5 Å². The molecule has 180 valence electrons. The lowest BCUT2D eigenvalue weighted by molar-refractivity contribution is -0.123. The van der Waals surface area contributed by atoms with E-state index in [1.165, 1.54) is 41.4 Å². The van der Waals surface area contributed by atoms with Crippen LogP contribution in [0.25, 0.3) is 11.1 Å². The lowest BCUT2D eigenvalue weighted by Gasteiger charge is -2.43. The molecule has 10 heteroatoms. The van der Waals surface area contributed by atoms with Gasteiger partial charge in [0.25, 0.3) is 11.8 Å². The molecule has 1 saturated carbocycles. The number of thiocarbonyl (C=S) groups is 1. The van der Waals surface area contributed by atoms with Crippen LogP contribution >= 0.6 is 12.2 Å². The number of pyridine rings is 1. The van der Waals surface area contributed by atoms with E-state index in [1.807, 2.05) is 6.07 Å². The van der Waals surface area contributed by atoms with Gasteiger partial charge in [-0.3, -0.25) is 14.5 Å². The lowest BCUT2D eigenvalue weighted by Crippen LogP contribution is -2.55. The fraction of sp³-hybridized carbons (Fsp3) is 0.192. The zero-order valence-corrected chi connectivity index (χ0v) is 19.9.